The molecule has 0 saturated carbocycles. The van der Waals surface area contributed by atoms with Gasteiger partial charge in [-0.15, -0.1) is 0 Å². The number of benzene rings is 2. The van der Waals surface area contributed by atoms with Gasteiger partial charge < -0.3 is 24.5 Å². The van der Waals surface area contributed by atoms with Crippen molar-refractivity contribution in [2.24, 2.45) is 0 Å². The largest absolute Gasteiger partial charge is 0.489 e. The van der Waals surface area contributed by atoms with E-state index in [1.165, 1.54) is 17.4 Å². The van der Waals surface area contributed by atoms with Crippen LogP contribution in [0.25, 0.3) is 6.08 Å². The Hall–Kier alpha value is -3.37. The Morgan fingerprint density at radius 1 is 1.14 bits per heavy atom. The number of rotatable bonds is 8. The highest BCUT2D eigenvalue weighted by Gasteiger charge is 2.41. The number of ether oxygens (including phenoxy) is 2. The summed E-state index contributed by atoms with van der Waals surface area (Å²) in [6.45, 7) is 7.63. The third-order valence-electron chi connectivity index (χ3n) is 6.42. The van der Waals surface area contributed by atoms with Crippen LogP contribution in [0.2, 0.25) is 0 Å². The summed E-state index contributed by atoms with van der Waals surface area (Å²) in [5, 5.41) is 10.9. The summed E-state index contributed by atoms with van der Waals surface area (Å²) in [7, 11) is 0. The molecule has 3 aromatic rings. The van der Waals surface area contributed by atoms with Crippen LogP contribution < -0.4 is 14.4 Å². The molecule has 2 aliphatic heterocycles. The van der Waals surface area contributed by atoms with E-state index in [0.29, 0.717) is 13.2 Å². The molecule has 188 valence electrons. The SMILES string of the molecule is C[C@@]1(COc2ccc(N3CCN(CC=Cc4ccc(Br)cc4)CC3)cc2)Cn2cc([N+](=O)[O-])nc2O1. The second kappa shape index (κ2) is 10.3. The van der Waals surface area contributed by atoms with Crippen molar-refractivity contribution in [3.63, 3.8) is 0 Å². The zero-order valence-electron chi connectivity index (χ0n) is 20.0. The predicted octanol–water partition coefficient (Wildman–Crippen LogP) is 4.62. The molecule has 1 saturated heterocycles. The van der Waals surface area contributed by atoms with E-state index < -0.39 is 10.5 Å². The summed E-state index contributed by atoms with van der Waals surface area (Å²) in [5.74, 6) is 0.553. The lowest BCUT2D eigenvalue weighted by atomic mass is 10.1. The van der Waals surface area contributed by atoms with Gasteiger partial charge in [0.1, 0.15) is 18.6 Å². The van der Waals surface area contributed by atoms with Crippen LogP contribution in [0.15, 0.2) is 65.3 Å². The van der Waals surface area contributed by atoms with Gasteiger partial charge in [-0.25, -0.2) is 0 Å². The molecule has 2 aliphatic rings. The summed E-state index contributed by atoms with van der Waals surface area (Å²) >= 11 is 3.47. The van der Waals surface area contributed by atoms with Gasteiger partial charge in [-0.05, 0) is 53.8 Å². The number of halogens is 1. The summed E-state index contributed by atoms with van der Waals surface area (Å²) in [4.78, 5) is 19.1. The minimum Gasteiger partial charge on any atom is -0.489 e. The molecule has 3 heterocycles. The Bertz CT molecular complexity index is 1210. The highest BCUT2D eigenvalue weighted by Crippen LogP contribution is 2.31. The van der Waals surface area contributed by atoms with E-state index in [1.807, 2.05) is 19.1 Å². The molecule has 1 aromatic heterocycles. The minimum absolute atomic E-state index is 0.207. The van der Waals surface area contributed by atoms with E-state index in [-0.39, 0.29) is 11.8 Å². The Morgan fingerprint density at radius 2 is 1.86 bits per heavy atom. The summed E-state index contributed by atoms with van der Waals surface area (Å²) in [5.41, 5.74) is 1.77. The maximum atomic E-state index is 10.9. The predicted molar refractivity (Wildman–Crippen MR) is 142 cm³/mol. The standard InChI is InChI=1S/C26H28BrN5O4/c1-26(18-31-17-24(32(33)34)28-25(31)36-26)19-35-23-10-8-22(9-11-23)30-15-13-29(14-16-30)12-2-3-20-4-6-21(27)7-5-20/h2-11,17H,12-16,18-19H2,1H3/t26-/m0/s1. The van der Waals surface area contributed by atoms with Gasteiger partial charge in [-0.1, -0.05) is 40.2 Å². The molecule has 0 radical (unpaired) electrons. The first-order chi connectivity index (χ1) is 17.4. The lowest BCUT2D eigenvalue weighted by molar-refractivity contribution is -0.389. The highest BCUT2D eigenvalue weighted by atomic mass is 79.9. The van der Waals surface area contributed by atoms with Crippen LogP contribution in [-0.2, 0) is 6.54 Å². The maximum Gasteiger partial charge on any atom is 0.415 e. The van der Waals surface area contributed by atoms with Crippen molar-refractivity contribution in [2.45, 2.75) is 19.1 Å². The Kier molecular flexibility index (Phi) is 6.97. The fourth-order valence-electron chi connectivity index (χ4n) is 4.45. The summed E-state index contributed by atoms with van der Waals surface area (Å²) in [6.07, 6.45) is 5.80. The fraction of sp³-hybridized carbons (Fsp3) is 0.346. The van der Waals surface area contributed by atoms with Crippen molar-refractivity contribution in [1.82, 2.24) is 14.5 Å². The van der Waals surface area contributed by atoms with E-state index in [4.69, 9.17) is 9.47 Å². The number of piperazine rings is 1. The summed E-state index contributed by atoms with van der Waals surface area (Å²) < 4.78 is 14.6. The lowest BCUT2D eigenvalue weighted by Gasteiger charge is -2.35. The number of hydrogen-bond acceptors (Lipinski definition) is 7. The van der Waals surface area contributed by atoms with Crippen LogP contribution >= 0.6 is 15.9 Å². The number of imidazole rings is 1. The minimum atomic E-state index is -0.627. The van der Waals surface area contributed by atoms with Gasteiger partial charge in [0.25, 0.3) is 0 Å². The molecule has 0 N–H and O–H groups in total. The highest BCUT2D eigenvalue weighted by molar-refractivity contribution is 9.10. The fourth-order valence-corrected chi connectivity index (χ4v) is 4.71. The van der Waals surface area contributed by atoms with Crippen molar-refractivity contribution in [1.29, 1.82) is 0 Å². The zero-order valence-corrected chi connectivity index (χ0v) is 21.6. The van der Waals surface area contributed by atoms with Gasteiger partial charge in [0, 0.05) is 47.9 Å². The van der Waals surface area contributed by atoms with E-state index in [2.05, 4.69) is 79.3 Å². The van der Waals surface area contributed by atoms with E-state index in [0.717, 1.165) is 42.9 Å². The molecule has 1 atom stereocenters. The number of hydrogen-bond donors (Lipinski definition) is 0. The number of nitrogens with zero attached hydrogens (tertiary/aromatic N) is 5. The van der Waals surface area contributed by atoms with Gasteiger partial charge in [0.2, 0.25) is 0 Å². The first-order valence-corrected chi connectivity index (χ1v) is 12.7. The molecule has 0 aliphatic carbocycles. The molecule has 36 heavy (non-hydrogen) atoms. The van der Waals surface area contributed by atoms with Crippen molar-refractivity contribution < 1.29 is 14.4 Å². The number of anilines is 1. The quantitative estimate of drug-likeness (QED) is 0.297. The Labute approximate surface area is 218 Å². The Morgan fingerprint density at radius 3 is 2.53 bits per heavy atom. The third kappa shape index (κ3) is 5.71. The smallest absolute Gasteiger partial charge is 0.415 e. The molecule has 0 amide bonds. The average Bonchev–Trinajstić information content (AvgIpc) is 3.41. The first kappa shape index (κ1) is 24.3. The van der Waals surface area contributed by atoms with Crippen molar-refractivity contribution in [2.75, 3.05) is 44.2 Å². The van der Waals surface area contributed by atoms with E-state index in [1.54, 1.807) is 4.57 Å². The van der Waals surface area contributed by atoms with Gasteiger partial charge >= 0.3 is 11.8 Å². The van der Waals surface area contributed by atoms with Gasteiger partial charge in [0.15, 0.2) is 5.60 Å². The molecule has 5 rings (SSSR count). The topological polar surface area (TPSA) is 85.9 Å². The van der Waals surface area contributed by atoms with Gasteiger partial charge in [-0.2, -0.15) is 0 Å². The monoisotopic (exact) mass is 553 g/mol. The second-order valence-electron chi connectivity index (χ2n) is 9.34. The van der Waals surface area contributed by atoms with Crippen LogP contribution in [0, 0.1) is 10.1 Å². The number of fused-ring (bicyclic) bond motifs is 1. The molecular weight excluding hydrogens is 526 g/mol. The molecular formula is C26H28BrN5O4. The molecule has 0 bridgehead atoms. The third-order valence-corrected chi connectivity index (χ3v) is 6.95. The second-order valence-corrected chi connectivity index (χ2v) is 10.3. The summed E-state index contributed by atoms with van der Waals surface area (Å²) in [6, 6.07) is 16.7. The van der Waals surface area contributed by atoms with Crippen LogP contribution in [0.1, 0.15) is 12.5 Å². The van der Waals surface area contributed by atoms with Crippen LogP contribution in [0.4, 0.5) is 11.5 Å². The van der Waals surface area contributed by atoms with Crippen LogP contribution in [0.3, 0.4) is 0 Å². The molecule has 10 heteroatoms. The van der Waals surface area contributed by atoms with Gasteiger partial charge in [-0.3, -0.25) is 9.47 Å². The molecule has 2 aromatic carbocycles. The zero-order chi connectivity index (χ0) is 25.1. The molecule has 1 fully saturated rings. The van der Waals surface area contributed by atoms with Crippen LogP contribution in [0.5, 0.6) is 11.8 Å². The van der Waals surface area contributed by atoms with E-state index >= 15 is 0 Å². The van der Waals surface area contributed by atoms with Crippen molar-refractivity contribution in [3.05, 3.63) is 81.0 Å². The van der Waals surface area contributed by atoms with Crippen molar-refractivity contribution in [3.8, 4) is 11.8 Å². The molecule has 0 unspecified atom stereocenters. The average molecular weight is 554 g/mol. The number of nitro groups is 1. The van der Waals surface area contributed by atoms with Crippen LogP contribution in [-0.4, -0.2) is 64.3 Å². The van der Waals surface area contributed by atoms with E-state index in [9.17, 15) is 10.1 Å². The van der Waals surface area contributed by atoms with Gasteiger partial charge in [0.05, 0.1) is 6.54 Å². The number of aromatic nitrogens is 2. The molecule has 0 spiro atoms. The maximum absolute atomic E-state index is 10.9. The Balaban J connectivity index is 1.07. The normalized spacial score (nSPS) is 19.9. The molecule has 9 nitrogen and oxygen atoms in total. The first-order valence-electron chi connectivity index (χ1n) is 11.9. The lowest BCUT2D eigenvalue weighted by Crippen LogP contribution is -2.46. The van der Waals surface area contributed by atoms with Crippen molar-refractivity contribution >= 4 is 33.5 Å².